The molecule has 0 atom stereocenters. The van der Waals surface area contributed by atoms with Gasteiger partial charge in [-0.15, -0.1) is 18.2 Å². The van der Waals surface area contributed by atoms with Crippen molar-refractivity contribution in [1.82, 2.24) is 23.5 Å². The first-order valence-electron chi connectivity index (χ1n) is 14.4. The van der Waals surface area contributed by atoms with Crippen LogP contribution < -0.4 is 48.4 Å². The molecule has 0 aliphatic carbocycles. The van der Waals surface area contributed by atoms with Crippen LogP contribution in [0, 0.1) is 33.3 Å². The van der Waals surface area contributed by atoms with Crippen LogP contribution in [0.1, 0.15) is 50.7 Å². The van der Waals surface area contributed by atoms with E-state index in [9.17, 15) is 21.6 Å². The molecular weight excluding hydrogens is 593 g/mol. The van der Waals surface area contributed by atoms with E-state index >= 15 is 0 Å². The maximum absolute atomic E-state index is 13.4. The van der Waals surface area contributed by atoms with Gasteiger partial charge in [-0.1, -0.05) is 26.0 Å². The van der Waals surface area contributed by atoms with Gasteiger partial charge < -0.3 is 55.6 Å². The van der Waals surface area contributed by atoms with E-state index in [2.05, 4.69) is 66.3 Å². The van der Waals surface area contributed by atoms with Gasteiger partial charge in [0.2, 0.25) is 5.95 Å². The molecule has 1 aromatic carbocycles. The largest absolute Gasteiger partial charge is 1.00 e. The van der Waals surface area contributed by atoms with Crippen LogP contribution in [0.4, 0.5) is 30.6 Å². The number of unbranched alkanes of at least 4 members (excludes halogenated alkanes) is 2. The fourth-order valence-electron chi connectivity index (χ4n) is 3.79. The number of nitrogens with one attached hydrogen (secondary N) is 2. The van der Waals surface area contributed by atoms with Crippen LogP contribution in [0.2, 0.25) is 0 Å². The van der Waals surface area contributed by atoms with Crippen molar-refractivity contribution in [3.63, 3.8) is 0 Å². The number of nitrogens with zero attached hydrogens (tertiary/aromatic N) is 5. The van der Waals surface area contributed by atoms with Crippen molar-refractivity contribution in [2.75, 3.05) is 64.0 Å². The molecule has 45 heavy (non-hydrogen) atoms. The van der Waals surface area contributed by atoms with E-state index in [1.807, 2.05) is 13.3 Å². The molecule has 3 rings (SSSR count). The number of likely N-dealkylation sites (N-methyl/N-ethyl adjacent to an activating group) is 1. The Kier molecular flexibility index (Phi) is 24.4. The number of aryl methyl sites for hydroxylation is 1. The molecule has 1 fully saturated rings. The van der Waals surface area contributed by atoms with Crippen LogP contribution in [0.3, 0.4) is 0 Å². The number of hydrogen-bond acceptors (Lipinski definition) is 7. The molecule has 1 aliphatic rings. The van der Waals surface area contributed by atoms with Crippen molar-refractivity contribution in [1.29, 1.82) is 0 Å². The summed E-state index contributed by atoms with van der Waals surface area (Å²) in [6, 6.07) is 8.18. The van der Waals surface area contributed by atoms with Crippen LogP contribution in [0.25, 0.3) is 0 Å². The second kappa shape index (κ2) is 23.9. The molecule has 0 spiro atoms. The third kappa shape index (κ3) is 16.4. The topological polar surface area (TPSA) is 93.7 Å². The summed E-state index contributed by atoms with van der Waals surface area (Å²) in [5.41, 5.74) is 0.635. The summed E-state index contributed by atoms with van der Waals surface area (Å²) in [7, 11) is 0.104. The maximum atomic E-state index is 13.4. The minimum absolute atomic E-state index is 0. The van der Waals surface area contributed by atoms with E-state index in [1.165, 1.54) is 28.6 Å². The molecule has 0 unspecified atom stereocenters. The molecule has 1 saturated heterocycles. The molecule has 0 radical (unpaired) electrons. The Balaban J connectivity index is 0. The van der Waals surface area contributed by atoms with E-state index in [-0.39, 0.29) is 62.6 Å². The van der Waals surface area contributed by atoms with Gasteiger partial charge in [0.15, 0.2) is 0 Å². The van der Waals surface area contributed by atoms with E-state index in [4.69, 9.17) is 0 Å². The SMILES string of the molecule is CCc1c[c-]ccc1Nc1ncc(C(F)(F)F)c(NCCCN2CCN(C)S2(=O)=O)n1.[CH2-]CN(C)CCC.[CH2-]C[CH-]C[CH2-].[Li+].[Li+]. The Morgan fingerprint density at radius 1 is 1.16 bits per heavy atom. The third-order valence-corrected chi connectivity index (χ3v) is 8.32. The van der Waals surface area contributed by atoms with Gasteiger partial charge in [0.05, 0.1) is 0 Å². The zero-order chi connectivity index (χ0) is 32.5. The van der Waals surface area contributed by atoms with Crippen LogP contribution in [-0.4, -0.2) is 85.3 Å². The minimum Gasteiger partial charge on any atom is -0.387 e. The van der Waals surface area contributed by atoms with Crippen LogP contribution >= 0.6 is 0 Å². The molecule has 2 N–H and O–H groups in total. The molecule has 9 nitrogen and oxygen atoms in total. The van der Waals surface area contributed by atoms with Gasteiger partial charge in [0.25, 0.3) is 10.2 Å². The zero-order valence-corrected chi connectivity index (χ0v) is 28.7. The van der Waals surface area contributed by atoms with E-state index in [0.29, 0.717) is 31.6 Å². The fraction of sp³-hybridized carbons (Fsp3) is 0.533. The van der Waals surface area contributed by atoms with Crippen molar-refractivity contribution >= 4 is 27.7 Å². The zero-order valence-electron chi connectivity index (χ0n) is 27.9. The molecule has 0 bridgehead atoms. The fourth-order valence-corrected chi connectivity index (χ4v) is 5.17. The summed E-state index contributed by atoms with van der Waals surface area (Å²) in [4.78, 5) is 10.0. The summed E-state index contributed by atoms with van der Waals surface area (Å²) in [6.45, 7) is 18.2. The second-order valence-electron chi connectivity index (χ2n) is 9.69. The number of hydrogen-bond donors (Lipinski definition) is 2. The number of halogens is 3. The molecule has 15 heteroatoms. The molecule has 246 valence electrons. The van der Waals surface area contributed by atoms with Crippen molar-refractivity contribution in [2.45, 2.75) is 52.1 Å². The molecular formula is C30H47F3Li2N7O2S-3. The quantitative estimate of drug-likeness (QED) is 0.177. The number of alkyl halides is 3. The minimum atomic E-state index is -4.63. The predicted octanol–water partition coefficient (Wildman–Crippen LogP) is -0.295. The molecule has 0 amide bonds. The number of aromatic nitrogens is 2. The summed E-state index contributed by atoms with van der Waals surface area (Å²) in [5, 5.41) is 5.64. The monoisotopic (exact) mass is 640 g/mol. The van der Waals surface area contributed by atoms with Gasteiger partial charge >= 0.3 is 43.9 Å². The first-order valence-corrected chi connectivity index (χ1v) is 15.8. The summed E-state index contributed by atoms with van der Waals surface area (Å²) in [6.07, 6.45) is 2.21. The van der Waals surface area contributed by atoms with Gasteiger partial charge in [-0.25, -0.2) is 4.98 Å². The smallest absolute Gasteiger partial charge is 0.387 e. The van der Waals surface area contributed by atoms with Gasteiger partial charge in [0.1, 0.15) is 11.4 Å². The van der Waals surface area contributed by atoms with Crippen molar-refractivity contribution < 1.29 is 59.3 Å². The van der Waals surface area contributed by atoms with Crippen LogP contribution in [-0.2, 0) is 22.8 Å². The average Bonchev–Trinajstić information content (AvgIpc) is 3.22. The molecule has 1 aromatic heterocycles. The van der Waals surface area contributed by atoms with Gasteiger partial charge in [-0.2, -0.15) is 53.4 Å². The third-order valence-electron chi connectivity index (χ3n) is 6.33. The van der Waals surface area contributed by atoms with E-state index in [1.54, 1.807) is 18.2 Å². The van der Waals surface area contributed by atoms with E-state index in [0.717, 1.165) is 31.1 Å². The molecule has 1 aliphatic heterocycles. The molecule has 2 heterocycles. The van der Waals surface area contributed by atoms with E-state index < -0.39 is 21.9 Å². The Morgan fingerprint density at radius 3 is 2.29 bits per heavy atom. The number of rotatable bonds is 13. The second-order valence-corrected chi connectivity index (χ2v) is 11.7. The summed E-state index contributed by atoms with van der Waals surface area (Å²) < 4.78 is 66.8. The van der Waals surface area contributed by atoms with Crippen molar-refractivity contribution in [3.05, 3.63) is 68.8 Å². The molecule has 2 aromatic rings. The van der Waals surface area contributed by atoms with Gasteiger partial charge in [0, 0.05) is 39.4 Å². The van der Waals surface area contributed by atoms with Gasteiger partial charge in [-0.05, 0) is 26.4 Å². The molecule has 0 saturated carbocycles. The van der Waals surface area contributed by atoms with Crippen molar-refractivity contribution in [2.24, 2.45) is 0 Å². The average molecular weight is 641 g/mol. The first kappa shape index (κ1) is 45.8. The first-order chi connectivity index (χ1) is 20.3. The summed E-state index contributed by atoms with van der Waals surface area (Å²) >= 11 is 0. The van der Waals surface area contributed by atoms with Crippen LogP contribution in [0.5, 0.6) is 0 Å². The normalized spacial score (nSPS) is 14.3. The Bertz CT molecular complexity index is 1180. The Morgan fingerprint density at radius 2 is 1.82 bits per heavy atom. The van der Waals surface area contributed by atoms with Crippen LogP contribution in [0.15, 0.2) is 24.4 Å². The maximum Gasteiger partial charge on any atom is 1.00 e. The number of anilines is 3. The van der Waals surface area contributed by atoms with Gasteiger partial charge in [-0.3, -0.25) is 0 Å². The number of benzene rings is 1. The standard InChI is InChI=1S/C19H24F3N6O2S.C6H14N.C5H9.2Li/c1-3-14-7-4-5-8-16(14)25-18-24-13-15(19(20,21)22)17(26-18)23-9-6-10-28-12-11-27(2)31(28,29)30;1-4-6-7(3)5-2;1-3-5-4-2;;/h5,7-8,13H,3,6,9-12H2,1-2H3,(H2,23,24,25,26);2,4-6H2,1,3H3;5H,1-4H2;;/q2*-1;-3;2*+1. The Hall–Kier alpha value is -1.29. The van der Waals surface area contributed by atoms with Crippen molar-refractivity contribution in [3.8, 4) is 0 Å². The summed E-state index contributed by atoms with van der Waals surface area (Å²) in [5.74, 6) is -0.327. The predicted molar refractivity (Wildman–Crippen MR) is 169 cm³/mol. The Labute approximate surface area is 294 Å².